The zero-order valence-corrected chi connectivity index (χ0v) is 13.0. The molecule has 1 unspecified atom stereocenters. The molecule has 1 aromatic carbocycles. The smallest absolute Gasteiger partial charge is 0.227 e. The van der Waals surface area contributed by atoms with Crippen LogP contribution in [0.1, 0.15) is 24.2 Å². The van der Waals surface area contributed by atoms with Crippen LogP contribution in [0, 0.1) is 0 Å². The minimum atomic E-state index is 0.154. The van der Waals surface area contributed by atoms with Crippen LogP contribution in [0.5, 0.6) is 0 Å². The predicted octanol–water partition coefficient (Wildman–Crippen LogP) is 3.40. The highest BCUT2D eigenvalue weighted by Gasteiger charge is 2.27. The first kappa shape index (κ1) is 13.4. The number of fused-ring (bicyclic) bond motifs is 1. The number of aromatic nitrogens is 1. The van der Waals surface area contributed by atoms with Crippen molar-refractivity contribution in [1.82, 2.24) is 9.47 Å². The fourth-order valence-electron chi connectivity index (χ4n) is 2.80. The van der Waals surface area contributed by atoms with E-state index < -0.39 is 0 Å². The van der Waals surface area contributed by atoms with Crippen molar-refractivity contribution in [1.29, 1.82) is 0 Å². The largest absolute Gasteiger partial charge is 0.348 e. The Labute approximate surface area is 127 Å². The summed E-state index contributed by atoms with van der Waals surface area (Å²) in [5, 5.41) is 0. The summed E-state index contributed by atoms with van der Waals surface area (Å²) < 4.78 is 3.27. The third-order valence-corrected chi connectivity index (χ3v) is 4.46. The van der Waals surface area contributed by atoms with Gasteiger partial charge >= 0.3 is 0 Å². The number of carbonyl (C=O) groups is 1. The molecule has 1 aliphatic rings. The summed E-state index contributed by atoms with van der Waals surface area (Å²) in [4.78, 5) is 14.5. The van der Waals surface area contributed by atoms with E-state index in [0.717, 1.165) is 23.1 Å². The molecule has 104 valence electrons. The van der Waals surface area contributed by atoms with E-state index in [1.54, 1.807) is 0 Å². The Kier molecular flexibility index (Phi) is 3.66. The lowest BCUT2D eigenvalue weighted by atomic mass is 10.1. The van der Waals surface area contributed by atoms with Gasteiger partial charge in [0.1, 0.15) is 0 Å². The van der Waals surface area contributed by atoms with Crippen LogP contribution in [0.3, 0.4) is 0 Å². The van der Waals surface area contributed by atoms with Crippen LogP contribution >= 0.6 is 15.9 Å². The molecule has 0 aliphatic carbocycles. The maximum Gasteiger partial charge on any atom is 0.227 e. The highest BCUT2D eigenvalue weighted by atomic mass is 79.9. The normalized spacial score (nSPS) is 17.9. The van der Waals surface area contributed by atoms with Gasteiger partial charge in [-0.05, 0) is 36.8 Å². The number of hydrogen-bond acceptors (Lipinski definition) is 1. The van der Waals surface area contributed by atoms with Crippen molar-refractivity contribution in [3.8, 4) is 0 Å². The SMILES string of the molecule is CC1c2cccn2CCN1C(=O)Cc1ccc(Br)cc1. The van der Waals surface area contributed by atoms with Gasteiger partial charge < -0.3 is 9.47 Å². The Balaban J connectivity index is 1.73. The predicted molar refractivity (Wildman–Crippen MR) is 82.4 cm³/mol. The Bertz CT molecular complexity index is 618. The molecule has 1 aromatic heterocycles. The van der Waals surface area contributed by atoms with Gasteiger partial charge in [-0.2, -0.15) is 0 Å². The first-order chi connectivity index (χ1) is 9.65. The maximum atomic E-state index is 12.5. The molecule has 1 atom stereocenters. The monoisotopic (exact) mass is 332 g/mol. The Hall–Kier alpha value is -1.55. The number of hydrogen-bond donors (Lipinski definition) is 0. The molecule has 2 aromatic rings. The topological polar surface area (TPSA) is 25.2 Å². The summed E-state index contributed by atoms with van der Waals surface area (Å²) in [6.07, 6.45) is 2.56. The van der Waals surface area contributed by atoms with Gasteiger partial charge in [0.2, 0.25) is 5.91 Å². The molecule has 20 heavy (non-hydrogen) atoms. The van der Waals surface area contributed by atoms with E-state index in [9.17, 15) is 4.79 Å². The average molecular weight is 333 g/mol. The lowest BCUT2D eigenvalue weighted by Gasteiger charge is -2.35. The fraction of sp³-hybridized carbons (Fsp3) is 0.312. The van der Waals surface area contributed by atoms with Crippen molar-refractivity contribution in [3.05, 3.63) is 58.3 Å². The second kappa shape index (κ2) is 5.44. The van der Waals surface area contributed by atoms with Gasteiger partial charge in [-0.1, -0.05) is 28.1 Å². The first-order valence-corrected chi connectivity index (χ1v) is 7.63. The van der Waals surface area contributed by atoms with Crippen LogP contribution < -0.4 is 0 Å². The second-order valence-corrected chi connectivity index (χ2v) is 6.11. The maximum absolute atomic E-state index is 12.5. The second-order valence-electron chi connectivity index (χ2n) is 5.19. The fourth-order valence-corrected chi connectivity index (χ4v) is 3.06. The van der Waals surface area contributed by atoms with E-state index in [1.165, 1.54) is 5.69 Å². The molecule has 0 fully saturated rings. The number of halogens is 1. The molecule has 0 radical (unpaired) electrons. The van der Waals surface area contributed by atoms with E-state index in [2.05, 4.69) is 45.8 Å². The molecule has 0 saturated carbocycles. The van der Waals surface area contributed by atoms with Gasteiger partial charge in [0.25, 0.3) is 0 Å². The highest BCUT2D eigenvalue weighted by molar-refractivity contribution is 9.10. The number of benzene rings is 1. The Morgan fingerprint density at radius 2 is 2.00 bits per heavy atom. The molecule has 0 N–H and O–H groups in total. The Morgan fingerprint density at radius 1 is 1.25 bits per heavy atom. The van der Waals surface area contributed by atoms with Gasteiger partial charge in [-0.25, -0.2) is 0 Å². The third-order valence-electron chi connectivity index (χ3n) is 3.93. The molecule has 3 rings (SSSR count). The molecule has 0 bridgehead atoms. The minimum absolute atomic E-state index is 0.154. The molecule has 0 spiro atoms. The zero-order chi connectivity index (χ0) is 14.1. The molecule has 1 amide bonds. The summed E-state index contributed by atoms with van der Waals surface area (Å²) >= 11 is 3.41. The van der Waals surface area contributed by atoms with E-state index in [-0.39, 0.29) is 11.9 Å². The van der Waals surface area contributed by atoms with Gasteiger partial charge in [0.15, 0.2) is 0 Å². The van der Waals surface area contributed by atoms with Crippen LogP contribution in [0.25, 0.3) is 0 Å². The lowest BCUT2D eigenvalue weighted by molar-refractivity contribution is -0.133. The molecular formula is C16H17BrN2O. The van der Waals surface area contributed by atoms with E-state index in [0.29, 0.717) is 6.42 Å². The highest BCUT2D eigenvalue weighted by Crippen LogP contribution is 2.26. The number of amides is 1. The van der Waals surface area contributed by atoms with Crippen molar-refractivity contribution in [2.75, 3.05) is 6.54 Å². The molecule has 2 heterocycles. The summed E-state index contributed by atoms with van der Waals surface area (Å²) in [6.45, 7) is 3.78. The summed E-state index contributed by atoms with van der Waals surface area (Å²) in [6, 6.07) is 12.3. The van der Waals surface area contributed by atoms with Crippen LogP contribution in [-0.2, 0) is 17.8 Å². The summed E-state index contributed by atoms with van der Waals surface area (Å²) in [5.41, 5.74) is 2.28. The van der Waals surface area contributed by atoms with Gasteiger partial charge in [-0.3, -0.25) is 4.79 Å². The summed E-state index contributed by atoms with van der Waals surface area (Å²) in [7, 11) is 0. The van der Waals surface area contributed by atoms with Crippen molar-refractivity contribution in [3.63, 3.8) is 0 Å². The standard InChI is InChI=1S/C16H17BrN2O/c1-12-15-3-2-8-18(15)9-10-19(12)16(20)11-13-4-6-14(17)7-5-13/h2-8,12H,9-11H2,1H3. The summed E-state index contributed by atoms with van der Waals surface area (Å²) in [5.74, 6) is 0.201. The Morgan fingerprint density at radius 3 is 2.75 bits per heavy atom. The van der Waals surface area contributed by atoms with Crippen molar-refractivity contribution in [2.45, 2.75) is 25.9 Å². The minimum Gasteiger partial charge on any atom is -0.348 e. The number of rotatable bonds is 2. The van der Waals surface area contributed by atoms with E-state index in [4.69, 9.17) is 0 Å². The van der Waals surface area contributed by atoms with Crippen LogP contribution in [0.15, 0.2) is 47.1 Å². The molecule has 0 saturated heterocycles. The lowest BCUT2D eigenvalue weighted by Crippen LogP contribution is -2.41. The van der Waals surface area contributed by atoms with Crippen molar-refractivity contribution >= 4 is 21.8 Å². The molecule has 3 nitrogen and oxygen atoms in total. The number of carbonyl (C=O) groups excluding carboxylic acids is 1. The molecular weight excluding hydrogens is 316 g/mol. The van der Waals surface area contributed by atoms with Gasteiger partial charge in [0, 0.05) is 29.5 Å². The van der Waals surface area contributed by atoms with Crippen molar-refractivity contribution < 1.29 is 4.79 Å². The third kappa shape index (κ3) is 2.52. The number of nitrogens with zero attached hydrogens (tertiary/aromatic N) is 2. The average Bonchev–Trinajstić information content (AvgIpc) is 2.91. The van der Waals surface area contributed by atoms with Gasteiger partial charge in [0.05, 0.1) is 12.5 Å². The van der Waals surface area contributed by atoms with E-state index in [1.807, 2.05) is 29.2 Å². The zero-order valence-electron chi connectivity index (χ0n) is 11.4. The van der Waals surface area contributed by atoms with Crippen LogP contribution in [0.2, 0.25) is 0 Å². The van der Waals surface area contributed by atoms with E-state index >= 15 is 0 Å². The van der Waals surface area contributed by atoms with Crippen LogP contribution in [-0.4, -0.2) is 21.9 Å². The quantitative estimate of drug-likeness (QED) is 0.827. The first-order valence-electron chi connectivity index (χ1n) is 6.84. The van der Waals surface area contributed by atoms with Gasteiger partial charge in [-0.15, -0.1) is 0 Å². The van der Waals surface area contributed by atoms with Crippen molar-refractivity contribution in [2.24, 2.45) is 0 Å². The molecule has 1 aliphatic heterocycles. The molecule has 4 heteroatoms. The van der Waals surface area contributed by atoms with Crippen LogP contribution in [0.4, 0.5) is 0 Å².